The fourth-order valence-electron chi connectivity index (χ4n) is 2.47. The van der Waals surface area contributed by atoms with Gasteiger partial charge in [0, 0.05) is 4.92 Å². The number of halogens is 1. The predicted molar refractivity (Wildman–Crippen MR) is 79.6 cm³/mol. The maximum atomic E-state index is 11.5. The van der Waals surface area contributed by atoms with Crippen LogP contribution in [0.15, 0.2) is 60.7 Å². The molecule has 1 fully saturated rings. The van der Waals surface area contributed by atoms with Crippen molar-refractivity contribution in [2.45, 2.75) is 11.0 Å². The Morgan fingerprint density at radius 3 is 2.29 bits per heavy atom. The molecule has 0 aromatic heterocycles. The van der Waals surface area contributed by atoms with Gasteiger partial charge in [0.1, 0.15) is 0 Å². The van der Waals surface area contributed by atoms with Gasteiger partial charge in [0.15, 0.2) is 12.6 Å². The summed E-state index contributed by atoms with van der Waals surface area (Å²) >= 11 is 6.29. The number of rotatable bonds is 3. The van der Waals surface area contributed by atoms with Gasteiger partial charge in [-0.15, -0.1) is 0 Å². The molecule has 2 atom stereocenters. The Morgan fingerprint density at radius 2 is 1.71 bits per heavy atom. The van der Waals surface area contributed by atoms with Crippen molar-refractivity contribution in [3.8, 4) is 0 Å². The summed E-state index contributed by atoms with van der Waals surface area (Å²) in [6, 6.07) is 17.7. The third-order valence-corrected chi connectivity index (χ3v) is 3.94. The molecule has 1 aliphatic heterocycles. The van der Waals surface area contributed by atoms with E-state index in [9.17, 15) is 10.1 Å². The van der Waals surface area contributed by atoms with Crippen LogP contribution in [0.3, 0.4) is 0 Å². The number of para-hydroxylation sites is 1. The van der Waals surface area contributed by atoms with E-state index in [1.165, 1.54) is 5.06 Å². The largest absolute Gasteiger partial charge is 0.347 e. The first-order valence-corrected chi connectivity index (χ1v) is 6.86. The molecule has 0 unspecified atom stereocenters. The Balaban J connectivity index is 2.08. The standard InChI is InChI=1S/C15H13ClN2O3/c16-15(18(19)20)11-21-17(13-9-5-2-6-10-13)14(15)12-7-3-1-4-8-12/h1-10,14H,11H2/t14-,15-/m0/s1. The molecule has 0 amide bonds. The molecule has 0 bridgehead atoms. The lowest BCUT2D eigenvalue weighted by Crippen LogP contribution is -2.41. The molecule has 21 heavy (non-hydrogen) atoms. The highest BCUT2D eigenvalue weighted by Gasteiger charge is 2.59. The van der Waals surface area contributed by atoms with E-state index in [0.29, 0.717) is 0 Å². The third-order valence-electron chi connectivity index (χ3n) is 3.49. The molecule has 1 saturated heterocycles. The highest BCUT2D eigenvalue weighted by atomic mass is 35.5. The van der Waals surface area contributed by atoms with Crippen LogP contribution in [-0.4, -0.2) is 16.5 Å². The van der Waals surface area contributed by atoms with Crippen LogP contribution >= 0.6 is 11.6 Å². The summed E-state index contributed by atoms with van der Waals surface area (Å²) in [4.78, 5) is 14.8. The van der Waals surface area contributed by atoms with Gasteiger partial charge in [-0.3, -0.25) is 15.0 Å². The van der Waals surface area contributed by atoms with E-state index in [4.69, 9.17) is 16.4 Å². The number of alkyl halides is 1. The molecule has 3 rings (SSSR count). The number of nitro groups is 1. The summed E-state index contributed by atoms with van der Waals surface area (Å²) in [7, 11) is 0. The summed E-state index contributed by atoms with van der Waals surface area (Å²) < 4.78 is 0. The summed E-state index contributed by atoms with van der Waals surface area (Å²) in [6.45, 7) is -0.185. The van der Waals surface area contributed by atoms with Crippen molar-refractivity contribution in [3.63, 3.8) is 0 Å². The SMILES string of the molecule is O=[N+]([O-])[C@@]1(Cl)CON(c2ccccc2)[C@H]1c1ccccc1. The van der Waals surface area contributed by atoms with Gasteiger partial charge in [-0.25, -0.2) is 5.06 Å². The predicted octanol–water partition coefficient (Wildman–Crippen LogP) is 3.39. The number of nitrogens with zero attached hydrogens (tertiary/aromatic N) is 2. The van der Waals surface area contributed by atoms with Gasteiger partial charge in [0.2, 0.25) is 0 Å². The summed E-state index contributed by atoms with van der Waals surface area (Å²) in [5.74, 6) is 0. The van der Waals surface area contributed by atoms with Crippen LogP contribution < -0.4 is 5.06 Å². The monoisotopic (exact) mass is 304 g/mol. The number of hydrogen-bond acceptors (Lipinski definition) is 4. The van der Waals surface area contributed by atoms with E-state index < -0.39 is 16.0 Å². The second-order valence-corrected chi connectivity index (χ2v) is 5.48. The van der Waals surface area contributed by atoms with Gasteiger partial charge in [-0.2, -0.15) is 0 Å². The molecule has 1 aliphatic rings. The van der Waals surface area contributed by atoms with Crippen LogP contribution in [0.1, 0.15) is 11.6 Å². The smallest absolute Gasteiger partial charge is 0.263 e. The molecule has 0 radical (unpaired) electrons. The molecule has 108 valence electrons. The van der Waals surface area contributed by atoms with E-state index in [1.807, 2.05) is 60.7 Å². The van der Waals surface area contributed by atoms with Crippen molar-refractivity contribution in [1.29, 1.82) is 0 Å². The van der Waals surface area contributed by atoms with Gasteiger partial charge in [0.25, 0.3) is 0 Å². The van der Waals surface area contributed by atoms with Crippen molar-refractivity contribution in [1.82, 2.24) is 0 Å². The number of benzene rings is 2. The molecule has 0 aliphatic carbocycles. The van der Waals surface area contributed by atoms with E-state index >= 15 is 0 Å². The van der Waals surface area contributed by atoms with Crippen LogP contribution in [0.2, 0.25) is 0 Å². The lowest BCUT2D eigenvalue weighted by Gasteiger charge is -2.27. The van der Waals surface area contributed by atoms with Crippen molar-refractivity contribution in [2.24, 2.45) is 0 Å². The van der Waals surface area contributed by atoms with Crippen molar-refractivity contribution in [2.75, 3.05) is 11.7 Å². The Morgan fingerprint density at radius 1 is 1.14 bits per heavy atom. The average molecular weight is 305 g/mol. The van der Waals surface area contributed by atoms with Gasteiger partial charge >= 0.3 is 5.00 Å². The molecule has 2 aromatic rings. The minimum absolute atomic E-state index is 0.185. The van der Waals surface area contributed by atoms with Crippen LogP contribution in [0.4, 0.5) is 5.69 Å². The number of hydrogen-bond donors (Lipinski definition) is 0. The second-order valence-electron chi connectivity index (χ2n) is 4.82. The third kappa shape index (κ3) is 2.34. The summed E-state index contributed by atoms with van der Waals surface area (Å²) in [6.07, 6.45) is 0. The Hall–Kier alpha value is -2.11. The molecular weight excluding hydrogens is 292 g/mol. The Bertz CT molecular complexity index is 638. The maximum Gasteiger partial charge on any atom is 0.347 e. The number of hydroxylamine groups is 1. The van der Waals surface area contributed by atoms with Crippen molar-refractivity contribution < 1.29 is 9.76 Å². The topological polar surface area (TPSA) is 55.6 Å². The highest BCUT2D eigenvalue weighted by Crippen LogP contribution is 2.45. The fraction of sp³-hybridized carbons (Fsp3) is 0.200. The minimum atomic E-state index is -1.71. The van der Waals surface area contributed by atoms with Crippen LogP contribution in [0.25, 0.3) is 0 Å². The number of anilines is 1. The minimum Gasteiger partial charge on any atom is -0.263 e. The molecule has 2 aromatic carbocycles. The highest BCUT2D eigenvalue weighted by molar-refractivity contribution is 6.23. The van der Waals surface area contributed by atoms with E-state index in [0.717, 1.165) is 11.3 Å². The van der Waals surface area contributed by atoms with Gasteiger partial charge in [-0.05, 0) is 29.3 Å². The van der Waals surface area contributed by atoms with E-state index in [1.54, 1.807) is 0 Å². The summed E-state index contributed by atoms with van der Waals surface area (Å²) in [5, 5.41) is 13.0. The first kappa shape index (κ1) is 13.9. The van der Waals surface area contributed by atoms with Crippen LogP contribution in [-0.2, 0) is 4.84 Å². The van der Waals surface area contributed by atoms with Gasteiger partial charge < -0.3 is 0 Å². The molecule has 6 heteroatoms. The zero-order valence-electron chi connectivity index (χ0n) is 11.1. The molecule has 0 saturated carbocycles. The molecule has 0 N–H and O–H groups in total. The van der Waals surface area contributed by atoms with Crippen LogP contribution in [0.5, 0.6) is 0 Å². The molecule has 1 heterocycles. The van der Waals surface area contributed by atoms with Crippen LogP contribution in [0, 0.1) is 10.1 Å². The molecule has 0 spiro atoms. The zero-order valence-corrected chi connectivity index (χ0v) is 11.8. The maximum absolute atomic E-state index is 11.5. The quantitative estimate of drug-likeness (QED) is 0.377. The van der Waals surface area contributed by atoms with E-state index in [-0.39, 0.29) is 6.61 Å². The Kier molecular flexibility index (Phi) is 3.53. The van der Waals surface area contributed by atoms with Gasteiger partial charge in [0.05, 0.1) is 5.69 Å². The Labute approximate surface area is 126 Å². The van der Waals surface area contributed by atoms with E-state index in [2.05, 4.69) is 0 Å². The molecular formula is C15H13ClN2O3. The average Bonchev–Trinajstić information content (AvgIpc) is 2.88. The first-order valence-electron chi connectivity index (χ1n) is 6.48. The zero-order chi connectivity index (χ0) is 14.9. The lowest BCUT2D eigenvalue weighted by atomic mass is 10.00. The fourth-order valence-corrected chi connectivity index (χ4v) is 2.73. The lowest BCUT2D eigenvalue weighted by molar-refractivity contribution is -0.542. The normalized spacial score (nSPS) is 25.0. The molecule has 5 nitrogen and oxygen atoms in total. The van der Waals surface area contributed by atoms with Crippen molar-refractivity contribution >= 4 is 17.3 Å². The summed E-state index contributed by atoms with van der Waals surface area (Å²) in [5.41, 5.74) is 1.47. The van der Waals surface area contributed by atoms with Gasteiger partial charge in [-0.1, -0.05) is 48.5 Å². The van der Waals surface area contributed by atoms with Crippen molar-refractivity contribution in [3.05, 3.63) is 76.3 Å². The first-order chi connectivity index (χ1) is 10.1. The second kappa shape index (κ2) is 5.35.